The van der Waals surface area contributed by atoms with Crippen molar-refractivity contribution in [3.05, 3.63) is 313 Å². The fraction of sp³-hybridized carbons (Fsp3) is 0.152. The van der Waals surface area contributed by atoms with Crippen molar-refractivity contribution >= 4 is 79.0 Å². The molecule has 0 atom stereocenters. The van der Waals surface area contributed by atoms with E-state index in [1.54, 1.807) is 0 Å². The molecular formula is C92H80BN3. The average Bonchev–Trinajstić information content (AvgIpc) is 0.777. The minimum Gasteiger partial charge on any atom is -0.310 e. The standard InChI is InChI=1S/C92H80BN3/c1-59(2)66-42-47-72(77(52-66)60(3)4)68-54-86-88-87(55-68)96(90-75(64-34-22-14-23-35-64)40-27-41-76(90)65-36-24-15-25-37-65)85-58-71(94-82-50-44-69(91(5,6)7)56-78(82)79-57-70(92(8,9)10)45-51-83(79)94)46-48-80(85)93(88)81-53-67(61-28-16-11-17-29-61)43-49-84(81)95(86)89-73(62-30-18-12-19-31-62)38-26-39-74(89)63-32-20-13-21-33-63/h11-60H,1-10H3. The van der Waals surface area contributed by atoms with E-state index in [-0.39, 0.29) is 23.5 Å². The normalized spacial score (nSPS) is 12.8. The van der Waals surface area contributed by atoms with Gasteiger partial charge in [-0.2, -0.15) is 0 Å². The van der Waals surface area contributed by atoms with Gasteiger partial charge in [-0.25, -0.2) is 0 Å². The third kappa shape index (κ3) is 10.3. The molecule has 0 N–H and O–H groups in total. The molecule has 0 spiro atoms. The van der Waals surface area contributed by atoms with Gasteiger partial charge < -0.3 is 14.4 Å². The van der Waals surface area contributed by atoms with Gasteiger partial charge in [-0.15, -0.1) is 0 Å². The van der Waals surface area contributed by atoms with Gasteiger partial charge in [0.15, 0.2) is 0 Å². The number of hydrogen-bond acceptors (Lipinski definition) is 2. The highest BCUT2D eigenvalue weighted by Gasteiger charge is 2.46. The molecule has 3 heterocycles. The molecule has 2 aliphatic rings. The van der Waals surface area contributed by atoms with E-state index in [9.17, 15) is 0 Å². The largest absolute Gasteiger partial charge is 0.310 e. The first-order valence-electron chi connectivity index (χ1n) is 34.4. The summed E-state index contributed by atoms with van der Waals surface area (Å²) in [5.74, 6) is 0.604. The maximum atomic E-state index is 2.72. The summed E-state index contributed by atoms with van der Waals surface area (Å²) >= 11 is 0. The molecule has 4 heteroatoms. The van der Waals surface area contributed by atoms with E-state index in [1.807, 2.05) is 0 Å². The van der Waals surface area contributed by atoms with Gasteiger partial charge in [-0.05, 0) is 160 Å². The van der Waals surface area contributed by atoms with Gasteiger partial charge in [0.2, 0.25) is 0 Å². The van der Waals surface area contributed by atoms with Gasteiger partial charge in [0.05, 0.1) is 22.4 Å². The van der Waals surface area contributed by atoms with E-state index in [1.165, 1.54) is 82.7 Å². The van der Waals surface area contributed by atoms with Crippen LogP contribution in [0.1, 0.15) is 103 Å². The lowest BCUT2D eigenvalue weighted by Gasteiger charge is -2.46. The molecule has 13 aromatic carbocycles. The van der Waals surface area contributed by atoms with Crippen LogP contribution in [0.3, 0.4) is 0 Å². The van der Waals surface area contributed by atoms with E-state index >= 15 is 0 Å². The highest BCUT2D eigenvalue weighted by molar-refractivity contribution is 7.00. The summed E-state index contributed by atoms with van der Waals surface area (Å²) in [5.41, 5.74) is 33.3. The van der Waals surface area contributed by atoms with Crippen molar-refractivity contribution < 1.29 is 0 Å². The van der Waals surface area contributed by atoms with Crippen molar-refractivity contribution in [1.82, 2.24) is 4.57 Å². The molecule has 14 aromatic rings. The number of nitrogens with zero attached hydrogens (tertiary/aromatic N) is 3. The smallest absolute Gasteiger partial charge is 0.252 e. The first kappa shape index (κ1) is 60.3. The van der Waals surface area contributed by atoms with E-state index in [0.29, 0.717) is 5.92 Å². The zero-order valence-electron chi connectivity index (χ0n) is 56.8. The van der Waals surface area contributed by atoms with Crippen LogP contribution in [-0.4, -0.2) is 11.3 Å². The number of rotatable bonds is 11. The lowest BCUT2D eigenvalue weighted by molar-refractivity contribution is 0.590. The number of hydrogen-bond donors (Lipinski definition) is 0. The molecule has 16 rings (SSSR count). The Morgan fingerprint density at radius 1 is 0.302 bits per heavy atom. The first-order chi connectivity index (χ1) is 46.6. The first-order valence-corrected chi connectivity index (χ1v) is 34.4. The Morgan fingerprint density at radius 3 is 1.19 bits per heavy atom. The van der Waals surface area contributed by atoms with Crippen molar-refractivity contribution in [2.24, 2.45) is 0 Å². The predicted octanol–water partition coefficient (Wildman–Crippen LogP) is 23.7. The maximum Gasteiger partial charge on any atom is 0.252 e. The lowest BCUT2D eigenvalue weighted by Crippen LogP contribution is -2.61. The Labute approximate surface area is 567 Å². The van der Waals surface area contributed by atoms with Crippen molar-refractivity contribution in [1.29, 1.82) is 0 Å². The molecule has 0 unspecified atom stereocenters. The summed E-state index contributed by atoms with van der Waals surface area (Å²) in [7, 11) is 0. The summed E-state index contributed by atoms with van der Waals surface area (Å²) in [6, 6.07) is 111. The van der Waals surface area contributed by atoms with Gasteiger partial charge in [-0.3, -0.25) is 0 Å². The number of anilines is 6. The van der Waals surface area contributed by atoms with Gasteiger partial charge in [0.25, 0.3) is 6.71 Å². The van der Waals surface area contributed by atoms with Gasteiger partial charge >= 0.3 is 0 Å². The second-order valence-electron chi connectivity index (χ2n) is 29.2. The molecule has 0 fully saturated rings. The number of benzene rings is 13. The van der Waals surface area contributed by atoms with Crippen molar-refractivity contribution in [2.45, 2.75) is 91.9 Å². The van der Waals surface area contributed by atoms with E-state index < -0.39 is 0 Å². The van der Waals surface area contributed by atoms with Crippen LogP contribution in [0.15, 0.2) is 291 Å². The molecule has 0 saturated heterocycles. The third-order valence-corrected chi connectivity index (χ3v) is 20.4. The Kier molecular flexibility index (Phi) is 14.9. The summed E-state index contributed by atoms with van der Waals surface area (Å²) in [5, 5.41) is 2.53. The van der Waals surface area contributed by atoms with Gasteiger partial charge in [-0.1, -0.05) is 306 Å². The van der Waals surface area contributed by atoms with Crippen molar-refractivity contribution in [2.75, 3.05) is 9.80 Å². The summed E-state index contributed by atoms with van der Waals surface area (Å²) in [4.78, 5) is 5.40. The number of para-hydroxylation sites is 2. The molecule has 0 bridgehead atoms. The van der Waals surface area contributed by atoms with Crippen LogP contribution in [0, 0.1) is 0 Å². The molecule has 2 aliphatic heterocycles. The Balaban J connectivity index is 1.10. The summed E-state index contributed by atoms with van der Waals surface area (Å²) < 4.78 is 2.56. The van der Waals surface area contributed by atoms with Gasteiger partial charge in [0.1, 0.15) is 0 Å². The minimum absolute atomic E-state index is 0.0460. The summed E-state index contributed by atoms with van der Waals surface area (Å²) in [6.45, 7) is 23.1. The summed E-state index contributed by atoms with van der Waals surface area (Å²) in [6.07, 6.45) is 0. The number of aromatic nitrogens is 1. The van der Waals surface area contributed by atoms with Crippen LogP contribution in [0.2, 0.25) is 0 Å². The Hall–Kier alpha value is -10.7. The molecule has 0 amide bonds. The highest BCUT2D eigenvalue weighted by Crippen LogP contribution is 2.55. The molecule has 0 aliphatic carbocycles. The second-order valence-corrected chi connectivity index (χ2v) is 29.2. The quantitative estimate of drug-likeness (QED) is 0.120. The molecule has 0 saturated carbocycles. The molecule has 0 radical (unpaired) electrons. The Bertz CT molecular complexity index is 5120. The topological polar surface area (TPSA) is 11.4 Å². The molecule has 1 aromatic heterocycles. The minimum atomic E-state index is -0.220. The lowest BCUT2D eigenvalue weighted by atomic mass is 9.33. The van der Waals surface area contributed by atoms with Crippen molar-refractivity contribution in [3.63, 3.8) is 0 Å². The highest BCUT2D eigenvalue weighted by atomic mass is 15.2. The monoisotopic (exact) mass is 1240 g/mol. The van der Waals surface area contributed by atoms with Crippen LogP contribution in [0.25, 0.3) is 94.3 Å². The molecular weight excluding hydrogens is 1160 g/mol. The van der Waals surface area contributed by atoms with Crippen LogP contribution in [0.4, 0.5) is 34.1 Å². The fourth-order valence-electron chi connectivity index (χ4n) is 15.5. The van der Waals surface area contributed by atoms with E-state index in [0.717, 1.165) is 84.3 Å². The van der Waals surface area contributed by atoms with Gasteiger partial charge in [0, 0.05) is 61.5 Å². The fourth-order valence-corrected chi connectivity index (χ4v) is 15.5. The zero-order valence-corrected chi connectivity index (χ0v) is 56.8. The van der Waals surface area contributed by atoms with Crippen LogP contribution in [0.5, 0.6) is 0 Å². The number of fused-ring (bicyclic) bond motifs is 7. The molecule has 3 nitrogen and oxygen atoms in total. The Morgan fingerprint density at radius 2 is 0.750 bits per heavy atom. The molecule has 96 heavy (non-hydrogen) atoms. The van der Waals surface area contributed by atoms with Crippen LogP contribution < -0.4 is 26.2 Å². The third-order valence-electron chi connectivity index (χ3n) is 20.4. The second kappa shape index (κ2) is 23.7. The SMILES string of the molecule is CC(C)c1ccc(-c2cc3c4c(c2)N(c2c(-c5ccccc5)cccc2-c2ccccc2)c2cc(-n5c6ccc(C(C)(C)C)cc6c6cc(C(C)(C)C)ccc65)ccc2B4c2cc(-c4ccccc4)ccc2N3c2c(-c3ccccc3)cccc2-c2ccccc2)c(C(C)C)c1. The van der Waals surface area contributed by atoms with Crippen LogP contribution >= 0.6 is 0 Å². The zero-order chi connectivity index (χ0) is 65.7. The maximum absolute atomic E-state index is 2.72. The van der Waals surface area contributed by atoms with Crippen LogP contribution in [-0.2, 0) is 10.8 Å². The predicted molar refractivity (Wildman–Crippen MR) is 413 cm³/mol. The van der Waals surface area contributed by atoms with E-state index in [4.69, 9.17) is 0 Å². The molecule has 466 valence electrons. The average molecular weight is 1240 g/mol. The van der Waals surface area contributed by atoms with E-state index in [2.05, 4.69) is 375 Å². The van der Waals surface area contributed by atoms with Crippen molar-refractivity contribution in [3.8, 4) is 72.4 Å².